The Morgan fingerprint density at radius 2 is 1.71 bits per heavy atom. The van der Waals surface area contributed by atoms with Crippen molar-refractivity contribution in [2.75, 3.05) is 20.3 Å². The summed E-state index contributed by atoms with van der Waals surface area (Å²) >= 11 is 3.45. The molecule has 0 fully saturated rings. The van der Waals surface area contributed by atoms with Crippen LogP contribution in [0.3, 0.4) is 0 Å². The molecule has 0 saturated carbocycles. The van der Waals surface area contributed by atoms with Gasteiger partial charge in [0, 0.05) is 17.1 Å². The van der Waals surface area contributed by atoms with Crippen molar-refractivity contribution >= 4 is 15.9 Å². The second-order valence-electron chi connectivity index (χ2n) is 5.05. The van der Waals surface area contributed by atoms with Crippen LogP contribution in [0.5, 0.6) is 5.75 Å². The molecule has 2 aromatic rings. The van der Waals surface area contributed by atoms with Gasteiger partial charge in [-0.2, -0.15) is 0 Å². The number of rotatable bonds is 6. The Labute approximate surface area is 134 Å². The lowest BCUT2D eigenvalue weighted by atomic mass is 9.85. The van der Waals surface area contributed by atoms with Crippen molar-refractivity contribution in [3.05, 3.63) is 64.1 Å². The van der Waals surface area contributed by atoms with E-state index >= 15 is 0 Å². The molecule has 0 amide bonds. The number of halogens is 1. The summed E-state index contributed by atoms with van der Waals surface area (Å²) in [6, 6.07) is 15.9. The predicted octanol–water partition coefficient (Wildman–Crippen LogP) is 3.70. The Morgan fingerprint density at radius 3 is 2.38 bits per heavy atom. The molecule has 2 aromatic carbocycles. The zero-order valence-corrected chi connectivity index (χ0v) is 13.9. The number of hydrogen-bond donors (Lipinski definition) is 1. The lowest BCUT2D eigenvalue weighted by molar-refractivity contribution is 0.145. The SMILES string of the molecule is COCCOc1ccccc1C(C)(N)c1ccc(Br)cc1. The number of nitrogens with two attached hydrogens (primary N) is 1. The van der Waals surface area contributed by atoms with E-state index in [1.54, 1.807) is 7.11 Å². The standard InChI is InChI=1S/C17H20BrNO2/c1-17(19,13-7-9-14(18)10-8-13)15-5-3-4-6-16(15)21-12-11-20-2/h3-10H,11-12,19H2,1-2H3. The summed E-state index contributed by atoms with van der Waals surface area (Å²) in [7, 11) is 1.66. The molecule has 112 valence electrons. The minimum atomic E-state index is -0.621. The molecule has 0 aromatic heterocycles. The third-order valence-electron chi connectivity index (χ3n) is 3.44. The fourth-order valence-electron chi connectivity index (χ4n) is 2.21. The summed E-state index contributed by atoms with van der Waals surface area (Å²) in [5, 5.41) is 0. The first kappa shape index (κ1) is 16.0. The van der Waals surface area contributed by atoms with Crippen molar-refractivity contribution < 1.29 is 9.47 Å². The van der Waals surface area contributed by atoms with Gasteiger partial charge in [0.05, 0.1) is 12.1 Å². The van der Waals surface area contributed by atoms with Crippen LogP contribution in [-0.2, 0) is 10.3 Å². The molecule has 1 atom stereocenters. The zero-order valence-electron chi connectivity index (χ0n) is 12.3. The van der Waals surface area contributed by atoms with Crippen molar-refractivity contribution in [3.8, 4) is 5.75 Å². The Kier molecular flexibility index (Phi) is 5.39. The number of hydrogen-bond acceptors (Lipinski definition) is 3. The van der Waals surface area contributed by atoms with Crippen molar-refractivity contribution in [1.29, 1.82) is 0 Å². The third-order valence-corrected chi connectivity index (χ3v) is 3.96. The molecule has 0 aliphatic heterocycles. The van der Waals surface area contributed by atoms with Gasteiger partial charge >= 0.3 is 0 Å². The van der Waals surface area contributed by atoms with Gasteiger partial charge in [0.1, 0.15) is 12.4 Å². The molecule has 21 heavy (non-hydrogen) atoms. The van der Waals surface area contributed by atoms with E-state index in [9.17, 15) is 0 Å². The third kappa shape index (κ3) is 3.84. The maximum atomic E-state index is 6.59. The van der Waals surface area contributed by atoms with Crippen LogP contribution in [0.2, 0.25) is 0 Å². The maximum Gasteiger partial charge on any atom is 0.124 e. The minimum Gasteiger partial charge on any atom is -0.491 e. The maximum absolute atomic E-state index is 6.59. The van der Waals surface area contributed by atoms with Crippen LogP contribution in [0.15, 0.2) is 53.0 Å². The van der Waals surface area contributed by atoms with Gasteiger partial charge < -0.3 is 15.2 Å². The van der Waals surface area contributed by atoms with Crippen molar-refractivity contribution in [2.24, 2.45) is 5.73 Å². The quantitative estimate of drug-likeness (QED) is 0.808. The molecule has 2 N–H and O–H groups in total. The largest absolute Gasteiger partial charge is 0.491 e. The van der Waals surface area contributed by atoms with E-state index in [4.69, 9.17) is 15.2 Å². The van der Waals surface area contributed by atoms with Gasteiger partial charge in [-0.05, 0) is 30.7 Å². The molecule has 0 heterocycles. The molecule has 0 saturated heterocycles. The van der Waals surface area contributed by atoms with Crippen molar-refractivity contribution in [3.63, 3.8) is 0 Å². The summed E-state index contributed by atoms with van der Waals surface area (Å²) in [5.41, 5.74) is 7.96. The highest BCUT2D eigenvalue weighted by Gasteiger charge is 2.27. The van der Waals surface area contributed by atoms with Gasteiger partial charge in [-0.15, -0.1) is 0 Å². The topological polar surface area (TPSA) is 44.5 Å². The highest BCUT2D eigenvalue weighted by molar-refractivity contribution is 9.10. The van der Waals surface area contributed by atoms with Gasteiger partial charge in [-0.1, -0.05) is 46.3 Å². The number of para-hydroxylation sites is 1. The summed E-state index contributed by atoms with van der Waals surface area (Å²) in [5.74, 6) is 0.794. The van der Waals surface area contributed by atoms with E-state index in [-0.39, 0.29) is 0 Å². The average molecular weight is 350 g/mol. The highest BCUT2D eigenvalue weighted by atomic mass is 79.9. The molecule has 2 rings (SSSR count). The molecule has 3 nitrogen and oxygen atoms in total. The first-order valence-electron chi connectivity index (χ1n) is 6.82. The normalized spacial score (nSPS) is 13.7. The number of benzene rings is 2. The first-order valence-corrected chi connectivity index (χ1v) is 7.61. The lowest BCUT2D eigenvalue weighted by Crippen LogP contribution is -2.34. The molecule has 1 unspecified atom stereocenters. The Balaban J connectivity index is 2.32. The number of ether oxygens (including phenoxy) is 2. The van der Waals surface area contributed by atoms with Gasteiger partial charge in [0.2, 0.25) is 0 Å². The molecule has 0 radical (unpaired) electrons. The predicted molar refractivity (Wildman–Crippen MR) is 88.6 cm³/mol. The van der Waals surface area contributed by atoms with Gasteiger partial charge in [-0.25, -0.2) is 0 Å². The van der Waals surface area contributed by atoms with E-state index in [2.05, 4.69) is 15.9 Å². The summed E-state index contributed by atoms with van der Waals surface area (Å²) in [6.45, 7) is 3.05. The number of methoxy groups -OCH3 is 1. The second-order valence-corrected chi connectivity index (χ2v) is 5.96. The van der Waals surface area contributed by atoms with Gasteiger partial charge in [0.25, 0.3) is 0 Å². The second kappa shape index (κ2) is 7.07. The van der Waals surface area contributed by atoms with Gasteiger partial charge in [0.15, 0.2) is 0 Å². The van der Waals surface area contributed by atoms with Crippen molar-refractivity contribution in [1.82, 2.24) is 0 Å². The summed E-state index contributed by atoms with van der Waals surface area (Å²) in [4.78, 5) is 0. The summed E-state index contributed by atoms with van der Waals surface area (Å²) < 4.78 is 11.9. The lowest BCUT2D eigenvalue weighted by Gasteiger charge is -2.28. The van der Waals surface area contributed by atoms with Crippen LogP contribution in [0, 0.1) is 0 Å². The van der Waals surface area contributed by atoms with Crippen LogP contribution in [0.1, 0.15) is 18.1 Å². The molecule has 0 aliphatic rings. The molecule has 4 heteroatoms. The monoisotopic (exact) mass is 349 g/mol. The molecular weight excluding hydrogens is 330 g/mol. The van der Waals surface area contributed by atoms with Crippen LogP contribution in [0.4, 0.5) is 0 Å². The molecular formula is C17H20BrNO2. The van der Waals surface area contributed by atoms with E-state index in [0.29, 0.717) is 13.2 Å². The molecule has 0 aliphatic carbocycles. The molecule has 0 bridgehead atoms. The smallest absolute Gasteiger partial charge is 0.124 e. The van der Waals surface area contributed by atoms with E-state index in [0.717, 1.165) is 21.3 Å². The first-order chi connectivity index (χ1) is 10.1. The highest BCUT2D eigenvalue weighted by Crippen LogP contribution is 2.33. The zero-order chi connectivity index (χ0) is 15.3. The van der Waals surface area contributed by atoms with E-state index in [1.165, 1.54) is 0 Å². The van der Waals surface area contributed by atoms with Crippen LogP contribution in [-0.4, -0.2) is 20.3 Å². The van der Waals surface area contributed by atoms with E-state index in [1.807, 2.05) is 55.5 Å². The summed E-state index contributed by atoms with van der Waals surface area (Å²) in [6.07, 6.45) is 0. The van der Waals surface area contributed by atoms with Crippen LogP contribution >= 0.6 is 15.9 Å². The fraction of sp³-hybridized carbons (Fsp3) is 0.294. The molecule has 0 spiro atoms. The van der Waals surface area contributed by atoms with Crippen LogP contribution < -0.4 is 10.5 Å². The Bertz CT molecular complexity index is 582. The fourth-order valence-corrected chi connectivity index (χ4v) is 2.47. The van der Waals surface area contributed by atoms with Crippen LogP contribution in [0.25, 0.3) is 0 Å². The Morgan fingerprint density at radius 1 is 1.05 bits per heavy atom. The van der Waals surface area contributed by atoms with E-state index < -0.39 is 5.54 Å². The van der Waals surface area contributed by atoms with Gasteiger partial charge in [-0.3, -0.25) is 0 Å². The van der Waals surface area contributed by atoms with Crippen molar-refractivity contribution in [2.45, 2.75) is 12.5 Å². The Hall–Kier alpha value is -1.36. The minimum absolute atomic E-state index is 0.504. The average Bonchev–Trinajstić information content (AvgIpc) is 2.48.